The lowest BCUT2D eigenvalue weighted by atomic mass is 10.1. The minimum Gasteiger partial charge on any atom is -0.361 e. The number of anilines is 2. The lowest BCUT2D eigenvalue weighted by molar-refractivity contribution is -0.115. The highest BCUT2D eigenvalue weighted by Gasteiger charge is 2.10. The zero-order valence-corrected chi connectivity index (χ0v) is 13.0. The summed E-state index contributed by atoms with van der Waals surface area (Å²) < 4.78 is 0. The van der Waals surface area contributed by atoms with Crippen LogP contribution < -0.4 is 10.6 Å². The van der Waals surface area contributed by atoms with E-state index in [0.717, 1.165) is 22.2 Å². The maximum Gasteiger partial charge on any atom is 0.247 e. The molecule has 0 radical (unpaired) electrons. The van der Waals surface area contributed by atoms with Crippen LogP contribution in [-0.2, 0) is 16.0 Å². The molecule has 5 heteroatoms. The van der Waals surface area contributed by atoms with Crippen LogP contribution in [0.4, 0.5) is 11.4 Å². The second-order valence-corrected chi connectivity index (χ2v) is 5.36. The van der Waals surface area contributed by atoms with Crippen LogP contribution in [0.1, 0.15) is 5.56 Å². The van der Waals surface area contributed by atoms with Crippen molar-refractivity contribution in [3.8, 4) is 0 Å². The molecule has 0 aliphatic carbocycles. The average molecular weight is 319 g/mol. The van der Waals surface area contributed by atoms with Crippen LogP contribution in [0.3, 0.4) is 0 Å². The minimum absolute atomic E-state index is 0.152. The molecule has 24 heavy (non-hydrogen) atoms. The summed E-state index contributed by atoms with van der Waals surface area (Å²) in [5.41, 5.74) is 3.04. The predicted octanol–water partition coefficient (Wildman–Crippen LogP) is 3.47. The summed E-state index contributed by atoms with van der Waals surface area (Å²) in [6.07, 6.45) is 3.22. The number of hydrogen-bond acceptors (Lipinski definition) is 2. The first-order chi connectivity index (χ1) is 11.7. The van der Waals surface area contributed by atoms with E-state index in [1.807, 2.05) is 42.6 Å². The fourth-order valence-corrected chi connectivity index (χ4v) is 2.48. The Kier molecular flexibility index (Phi) is 4.43. The molecule has 5 nitrogen and oxygen atoms in total. The van der Waals surface area contributed by atoms with Gasteiger partial charge in [0.25, 0.3) is 0 Å². The van der Waals surface area contributed by atoms with E-state index in [9.17, 15) is 9.59 Å². The number of rotatable bonds is 5. The second-order valence-electron chi connectivity index (χ2n) is 5.36. The molecule has 0 saturated heterocycles. The zero-order valence-electron chi connectivity index (χ0n) is 13.0. The number of H-pyrrole nitrogens is 1. The van der Waals surface area contributed by atoms with E-state index in [4.69, 9.17) is 0 Å². The number of carbonyl (C=O) groups excluding carboxylic acids is 2. The van der Waals surface area contributed by atoms with Gasteiger partial charge in [-0.1, -0.05) is 30.8 Å². The van der Waals surface area contributed by atoms with Crippen LogP contribution in [0.15, 0.2) is 67.4 Å². The average Bonchev–Trinajstić information content (AvgIpc) is 3.04. The highest BCUT2D eigenvalue weighted by molar-refractivity contribution is 6.00. The van der Waals surface area contributed by atoms with E-state index in [1.165, 1.54) is 6.08 Å². The molecule has 120 valence electrons. The largest absolute Gasteiger partial charge is 0.361 e. The Bertz CT molecular complexity index is 912. The molecular weight excluding hydrogens is 302 g/mol. The molecule has 3 rings (SSSR count). The van der Waals surface area contributed by atoms with E-state index in [1.54, 1.807) is 12.1 Å². The van der Waals surface area contributed by atoms with Gasteiger partial charge in [0, 0.05) is 23.1 Å². The third kappa shape index (κ3) is 3.52. The maximum absolute atomic E-state index is 12.3. The fourth-order valence-electron chi connectivity index (χ4n) is 2.48. The summed E-state index contributed by atoms with van der Waals surface area (Å²) in [6, 6.07) is 14.9. The summed E-state index contributed by atoms with van der Waals surface area (Å²) in [6.45, 7) is 3.43. The number of nitrogens with one attached hydrogen (secondary N) is 3. The molecule has 0 fully saturated rings. The van der Waals surface area contributed by atoms with Crippen LogP contribution in [-0.4, -0.2) is 16.8 Å². The number of aromatic amines is 1. The third-order valence-corrected chi connectivity index (χ3v) is 3.65. The Hall–Kier alpha value is -3.34. The Balaban J connectivity index is 1.72. The molecule has 0 aliphatic heterocycles. The molecule has 3 aromatic rings. The normalized spacial score (nSPS) is 10.3. The lowest BCUT2D eigenvalue weighted by Gasteiger charge is -2.10. The van der Waals surface area contributed by atoms with Crippen molar-refractivity contribution in [1.82, 2.24) is 4.98 Å². The molecule has 1 heterocycles. The standard InChI is InChI=1S/C19H17N3O2/c1-2-18(23)22-16-6-4-3-5-14(16)11-19(24)21-15-8-7-13-9-10-20-17(13)12-15/h2-10,12,20H,1,11H2,(H,21,24)(H,22,23). The van der Waals surface area contributed by atoms with Gasteiger partial charge in [0.15, 0.2) is 0 Å². The lowest BCUT2D eigenvalue weighted by Crippen LogP contribution is -2.16. The van der Waals surface area contributed by atoms with Crippen molar-refractivity contribution in [1.29, 1.82) is 0 Å². The molecule has 0 atom stereocenters. The van der Waals surface area contributed by atoms with Gasteiger partial charge < -0.3 is 15.6 Å². The molecule has 0 unspecified atom stereocenters. The summed E-state index contributed by atoms with van der Waals surface area (Å²) in [5.74, 6) is -0.457. The Morgan fingerprint density at radius 3 is 2.75 bits per heavy atom. The van der Waals surface area contributed by atoms with Crippen LogP contribution in [0.2, 0.25) is 0 Å². The van der Waals surface area contributed by atoms with E-state index < -0.39 is 0 Å². The van der Waals surface area contributed by atoms with E-state index in [-0.39, 0.29) is 18.2 Å². The van der Waals surface area contributed by atoms with Crippen molar-refractivity contribution in [2.45, 2.75) is 6.42 Å². The van der Waals surface area contributed by atoms with Gasteiger partial charge in [-0.2, -0.15) is 0 Å². The van der Waals surface area contributed by atoms with Gasteiger partial charge in [-0.15, -0.1) is 0 Å². The molecular formula is C19H17N3O2. The van der Waals surface area contributed by atoms with Crippen molar-refractivity contribution in [2.24, 2.45) is 0 Å². The van der Waals surface area contributed by atoms with Crippen molar-refractivity contribution < 1.29 is 9.59 Å². The van der Waals surface area contributed by atoms with Crippen molar-refractivity contribution >= 4 is 34.1 Å². The van der Waals surface area contributed by atoms with E-state index >= 15 is 0 Å². The van der Waals surface area contributed by atoms with Crippen molar-refractivity contribution in [3.05, 3.63) is 72.9 Å². The van der Waals surface area contributed by atoms with Gasteiger partial charge >= 0.3 is 0 Å². The molecule has 0 bridgehead atoms. The number of amides is 2. The van der Waals surface area contributed by atoms with Crippen LogP contribution in [0, 0.1) is 0 Å². The number of fused-ring (bicyclic) bond motifs is 1. The maximum atomic E-state index is 12.3. The third-order valence-electron chi connectivity index (χ3n) is 3.65. The predicted molar refractivity (Wildman–Crippen MR) is 95.9 cm³/mol. The molecule has 3 N–H and O–H groups in total. The topological polar surface area (TPSA) is 74.0 Å². The first-order valence-electron chi connectivity index (χ1n) is 7.54. The van der Waals surface area contributed by atoms with Gasteiger partial charge in [0.1, 0.15) is 0 Å². The monoisotopic (exact) mass is 319 g/mol. The first-order valence-corrected chi connectivity index (χ1v) is 7.54. The molecule has 2 amide bonds. The molecule has 2 aromatic carbocycles. The van der Waals surface area contributed by atoms with Gasteiger partial charge in [0.2, 0.25) is 11.8 Å². The van der Waals surface area contributed by atoms with Crippen LogP contribution in [0.25, 0.3) is 10.9 Å². The van der Waals surface area contributed by atoms with Gasteiger partial charge in [-0.25, -0.2) is 0 Å². The molecule has 0 saturated carbocycles. The van der Waals surface area contributed by atoms with Gasteiger partial charge in [-0.3, -0.25) is 9.59 Å². The molecule has 0 aliphatic rings. The summed E-state index contributed by atoms with van der Waals surface area (Å²) in [4.78, 5) is 26.9. The highest BCUT2D eigenvalue weighted by atomic mass is 16.2. The number of hydrogen-bond donors (Lipinski definition) is 3. The number of para-hydroxylation sites is 1. The summed E-state index contributed by atoms with van der Waals surface area (Å²) in [7, 11) is 0. The van der Waals surface area contributed by atoms with Crippen molar-refractivity contribution in [3.63, 3.8) is 0 Å². The number of aromatic nitrogens is 1. The van der Waals surface area contributed by atoms with Gasteiger partial charge in [0.05, 0.1) is 6.42 Å². The Morgan fingerprint density at radius 1 is 1.08 bits per heavy atom. The first kappa shape index (κ1) is 15.6. The fraction of sp³-hybridized carbons (Fsp3) is 0.0526. The van der Waals surface area contributed by atoms with Crippen LogP contribution >= 0.6 is 0 Å². The van der Waals surface area contributed by atoms with Gasteiger partial charge in [-0.05, 0) is 41.3 Å². The van der Waals surface area contributed by atoms with Crippen molar-refractivity contribution in [2.75, 3.05) is 10.6 Å². The van der Waals surface area contributed by atoms with Crippen LogP contribution in [0.5, 0.6) is 0 Å². The van der Waals surface area contributed by atoms with E-state index in [2.05, 4.69) is 22.2 Å². The summed E-state index contributed by atoms with van der Waals surface area (Å²) >= 11 is 0. The van der Waals surface area contributed by atoms with E-state index in [0.29, 0.717) is 5.69 Å². The molecule has 0 spiro atoms. The minimum atomic E-state index is -0.306. The number of benzene rings is 2. The second kappa shape index (κ2) is 6.83. The Labute approximate surface area is 139 Å². The SMILES string of the molecule is C=CC(=O)Nc1ccccc1CC(=O)Nc1ccc2cc[nH]c2c1. The number of carbonyl (C=O) groups is 2. The molecule has 1 aromatic heterocycles. The smallest absolute Gasteiger partial charge is 0.247 e. The quantitative estimate of drug-likeness (QED) is 0.630. The Morgan fingerprint density at radius 2 is 1.92 bits per heavy atom. The highest BCUT2D eigenvalue weighted by Crippen LogP contribution is 2.19. The zero-order chi connectivity index (χ0) is 16.9. The summed E-state index contributed by atoms with van der Waals surface area (Å²) in [5, 5.41) is 6.67.